The van der Waals surface area contributed by atoms with Crippen molar-refractivity contribution >= 4 is 5.97 Å². The summed E-state index contributed by atoms with van der Waals surface area (Å²) in [5.41, 5.74) is -0.878. The molecule has 0 amide bonds. The molecule has 0 spiro atoms. The molecule has 0 radical (unpaired) electrons. The van der Waals surface area contributed by atoms with E-state index in [1.807, 2.05) is 0 Å². The second kappa shape index (κ2) is 5.00. The Labute approximate surface area is 92.1 Å². The van der Waals surface area contributed by atoms with Gasteiger partial charge < -0.3 is 14.9 Å². The quantitative estimate of drug-likeness (QED) is 0.802. The topological polar surface area (TPSA) is 66.8 Å². The second-order valence-electron chi connectivity index (χ2n) is 2.92. The molecule has 1 rings (SSSR count). The Kier molecular flexibility index (Phi) is 3.89. The fourth-order valence-electron chi connectivity index (χ4n) is 1.07. The van der Waals surface area contributed by atoms with Crippen LogP contribution < -0.4 is 4.74 Å². The number of aliphatic hydroxyl groups excluding tert-OH is 1. The maximum absolute atomic E-state index is 13.2. The molecule has 0 fully saturated rings. The molecular weight excluding hydrogens is 248 g/mol. The standard InChI is InChI=1S/C9H6F4O4/c10-4-2-6(17-9(12)13)5(11)1-3(4)7(14)8(15)16/h1-2,7,9,14H,(H,15,16). The van der Waals surface area contributed by atoms with E-state index in [2.05, 4.69) is 4.74 Å². The summed E-state index contributed by atoms with van der Waals surface area (Å²) < 4.78 is 53.4. The molecule has 0 saturated carbocycles. The number of aliphatic carboxylic acids is 1. The van der Waals surface area contributed by atoms with Crippen LogP contribution in [0.1, 0.15) is 11.7 Å². The van der Waals surface area contributed by atoms with E-state index in [-0.39, 0.29) is 12.1 Å². The molecule has 94 valence electrons. The van der Waals surface area contributed by atoms with Gasteiger partial charge in [-0.3, -0.25) is 0 Å². The van der Waals surface area contributed by atoms with Gasteiger partial charge >= 0.3 is 12.6 Å². The summed E-state index contributed by atoms with van der Waals surface area (Å²) in [7, 11) is 0. The van der Waals surface area contributed by atoms with E-state index in [9.17, 15) is 22.4 Å². The minimum absolute atomic E-state index is 0.239. The van der Waals surface area contributed by atoms with Crippen molar-refractivity contribution in [2.75, 3.05) is 0 Å². The van der Waals surface area contributed by atoms with Crippen LogP contribution in [-0.2, 0) is 4.79 Å². The van der Waals surface area contributed by atoms with E-state index < -0.39 is 41.6 Å². The number of carboxylic acids is 1. The van der Waals surface area contributed by atoms with Crippen molar-refractivity contribution in [3.8, 4) is 5.75 Å². The van der Waals surface area contributed by atoms with Gasteiger partial charge in [0.25, 0.3) is 0 Å². The molecule has 0 aliphatic rings. The average molecular weight is 254 g/mol. The van der Waals surface area contributed by atoms with Crippen LogP contribution in [0.2, 0.25) is 0 Å². The van der Waals surface area contributed by atoms with E-state index in [0.717, 1.165) is 0 Å². The summed E-state index contributed by atoms with van der Waals surface area (Å²) in [4.78, 5) is 10.3. The van der Waals surface area contributed by atoms with Gasteiger partial charge in [-0.2, -0.15) is 8.78 Å². The van der Waals surface area contributed by atoms with Crippen molar-refractivity contribution in [2.45, 2.75) is 12.7 Å². The van der Waals surface area contributed by atoms with Gasteiger partial charge in [-0.25, -0.2) is 13.6 Å². The Morgan fingerprint density at radius 2 is 1.82 bits per heavy atom. The van der Waals surface area contributed by atoms with Gasteiger partial charge in [0.1, 0.15) is 5.82 Å². The van der Waals surface area contributed by atoms with Crippen LogP contribution in [0.15, 0.2) is 12.1 Å². The van der Waals surface area contributed by atoms with E-state index in [1.165, 1.54) is 0 Å². The Morgan fingerprint density at radius 3 is 2.29 bits per heavy atom. The van der Waals surface area contributed by atoms with E-state index in [1.54, 1.807) is 0 Å². The molecule has 1 atom stereocenters. The summed E-state index contributed by atoms with van der Waals surface area (Å²) in [6.07, 6.45) is -2.29. The molecule has 2 N–H and O–H groups in total. The molecule has 0 aliphatic heterocycles. The molecule has 8 heteroatoms. The van der Waals surface area contributed by atoms with E-state index in [0.29, 0.717) is 0 Å². The summed E-state index contributed by atoms with van der Waals surface area (Å²) in [6.45, 7) is -3.35. The maximum atomic E-state index is 13.2. The molecule has 0 aliphatic carbocycles. The summed E-state index contributed by atoms with van der Waals surface area (Å²) in [6, 6.07) is 0.523. The minimum Gasteiger partial charge on any atom is -0.479 e. The van der Waals surface area contributed by atoms with Gasteiger partial charge in [0.15, 0.2) is 17.7 Å². The Morgan fingerprint density at radius 1 is 1.24 bits per heavy atom. The molecule has 0 aromatic heterocycles. The van der Waals surface area contributed by atoms with Crippen molar-refractivity contribution in [2.24, 2.45) is 0 Å². The van der Waals surface area contributed by atoms with E-state index >= 15 is 0 Å². The monoisotopic (exact) mass is 254 g/mol. The van der Waals surface area contributed by atoms with Crippen LogP contribution in [0.25, 0.3) is 0 Å². The van der Waals surface area contributed by atoms with Gasteiger partial charge in [0.05, 0.1) is 0 Å². The van der Waals surface area contributed by atoms with Crippen molar-refractivity contribution in [3.05, 3.63) is 29.3 Å². The highest BCUT2D eigenvalue weighted by Crippen LogP contribution is 2.26. The second-order valence-corrected chi connectivity index (χ2v) is 2.92. The molecular formula is C9H6F4O4. The highest BCUT2D eigenvalue weighted by molar-refractivity contribution is 5.74. The highest BCUT2D eigenvalue weighted by Gasteiger charge is 2.23. The van der Waals surface area contributed by atoms with Crippen molar-refractivity contribution in [1.82, 2.24) is 0 Å². The number of hydrogen-bond acceptors (Lipinski definition) is 3. The lowest BCUT2D eigenvalue weighted by atomic mass is 10.1. The fourth-order valence-corrected chi connectivity index (χ4v) is 1.07. The SMILES string of the molecule is O=C(O)C(O)c1cc(F)c(OC(F)F)cc1F. The molecule has 0 bridgehead atoms. The van der Waals surface area contributed by atoms with Crippen LogP contribution in [0.5, 0.6) is 5.75 Å². The predicted molar refractivity (Wildman–Crippen MR) is 45.6 cm³/mol. The van der Waals surface area contributed by atoms with E-state index in [4.69, 9.17) is 10.2 Å². The Bertz CT molecular complexity index is 435. The Balaban J connectivity index is 3.13. The summed E-state index contributed by atoms with van der Waals surface area (Å²) in [5, 5.41) is 17.4. The van der Waals surface area contributed by atoms with Crippen molar-refractivity contribution in [1.29, 1.82) is 0 Å². The Hall–Kier alpha value is -1.83. The number of ether oxygens (including phenoxy) is 1. The average Bonchev–Trinajstić information content (AvgIpc) is 2.21. The van der Waals surface area contributed by atoms with Gasteiger partial charge in [-0.15, -0.1) is 0 Å². The molecule has 1 aromatic carbocycles. The summed E-state index contributed by atoms with van der Waals surface area (Å²) in [5.74, 6) is -5.64. The predicted octanol–water partition coefficient (Wildman–Crippen LogP) is 1.68. The first-order valence-corrected chi connectivity index (χ1v) is 4.17. The third-order valence-electron chi connectivity index (χ3n) is 1.80. The lowest BCUT2D eigenvalue weighted by Crippen LogP contribution is -2.13. The normalized spacial score (nSPS) is 12.6. The van der Waals surface area contributed by atoms with Crippen LogP contribution in [0.4, 0.5) is 17.6 Å². The number of rotatable bonds is 4. The van der Waals surface area contributed by atoms with Gasteiger partial charge in [0, 0.05) is 11.6 Å². The molecule has 4 nitrogen and oxygen atoms in total. The lowest BCUT2D eigenvalue weighted by molar-refractivity contribution is -0.147. The third kappa shape index (κ3) is 3.06. The van der Waals surface area contributed by atoms with Gasteiger partial charge in [0.2, 0.25) is 0 Å². The molecule has 17 heavy (non-hydrogen) atoms. The highest BCUT2D eigenvalue weighted by atomic mass is 19.3. The van der Waals surface area contributed by atoms with Gasteiger partial charge in [-0.05, 0) is 6.07 Å². The largest absolute Gasteiger partial charge is 0.479 e. The molecule has 0 saturated heterocycles. The number of halogens is 4. The fraction of sp³-hybridized carbons (Fsp3) is 0.222. The first-order chi connectivity index (χ1) is 7.82. The minimum atomic E-state index is -3.35. The maximum Gasteiger partial charge on any atom is 0.387 e. The molecule has 0 heterocycles. The summed E-state index contributed by atoms with van der Waals surface area (Å²) >= 11 is 0. The molecule has 1 unspecified atom stereocenters. The molecule has 1 aromatic rings. The van der Waals surface area contributed by atoms with Crippen LogP contribution in [0.3, 0.4) is 0 Å². The zero-order valence-electron chi connectivity index (χ0n) is 8.03. The van der Waals surface area contributed by atoms with Gasteiger partial charge in [-0.1, -0.05) is 0 Å². The smallest absolute Gasteiger partial charge is 0.387 e. The number of aliphatic hydroxyl groups is 1. The lowest BCUT2D eigenvalue weighted by Gasteiger charge is -2.10. The first-order valence-electron chi connectivity index (χ1n) is 4.17. The number of alkyl halides is 2. The third-order valence-corrected chi connectivity index (χ3v) is 1.80. The van der Waals surface area contributed by atoms with Crippen LogP contribution in [-0.4, -0.2) is 22.8 Å². The van der Waals surface area contributed by atoms with Crippen molar-refractivity contribution in [3.63, 3.8) is 0 Å². The van der Waals surface area contributed by atoms with Crippen LogP contribution in [0, 0.1) is 11.6 Å². The zero-order valence-corrected chi connectivity index (χ0v) is 8.03. The zero-order chi connectivity index (χ0) is 13.2. The number of carboxylic acid groups (broad SMARTS) is 1. The first kappa shape index (κ1) is 13.2. The number of hydrogen-bond donors (Lipinski definition) is 2. The van der Waals surface area contributed by atoms with Crippen molar-refractivity contribution < 1.29 is 37.3 Å². The number of benzene rings is 1. The van der Waals surface area contributed by atoms with Crippen LogP contribution >= 0.6 is 0 Å². The number of carbonyl (C=O) groups is 1.